The summed E-state index contributed by atoms with van der Waals surface area (Å²) in [6, 6.07) is 4.89. The van der Waals surface area contributed by atoms with E-state index in [4.69, 9.17) is 23.2 Å². The van der Waals surface area contributed by atoms with Crippen molar-refractivity contribution in [1.29, 1.82) is 0 Å². The molecule has 1 saturated heterocycles. The van der Waals surface area contributed by atoms with Crippen molar-refractivity contribution in [2.45, 2.75) is 6.04 Å². The van der Waals surface area contributed by atoms with Crippen LogP contribution in [0.4, 0.5) is 0 Å². The summed E-state index contributed by atoms with van der Waals surface area (Å²) in [5.74, 6) is -0.0644. The molecule has 1 aromatic carbocycles. The third-order valence-electron chi connectivity index (χ3n) is 2.33. The maximum absolute atomic E-state index is 11.6. The summed E-state index contributed by atoms with van der Waals surface area (Å²) in [7, 11) is 0. The number of carbonyl (C=O) groups is 1. The van der Waals surface area contributed by atoms with E-state index in [2.05, 4.69) is 10.6 Å². The van der Waals surface area contributed by atoms with Gasteiger partial charge < -0.3 is 10.6 Å². The van der Waals surface area contributed by atoms with Gasteiger partial charge in [0.1, 0.15) is 6.04 Å². The fourth-order valence-corrected chi connectivity index (χ4v) is 2.01. The summed E-state index contributed by atoms with van der Waals surface area (Å²) in [5.41, 5.74) is 0.723. The van der Waals surface area contributed by atoms with E-state index in [-0.39, 0.29) is 5.91 Å². The van der Waals surface area contributed by atoms with Crippen LogP contribution in [0.1, 0.15) is 11.6 Å². The largest absolute Gasteiger partial charge is 0.353 e. The smallest absolute Gasteiger partial charge is 0.241 e. The molecule has 0 unspecified atom stereocenters. The highest BCUT2D eigenvalue weighted by molar-refractivity contribution is 6.42. The van der Waals surface area contributed by atoms with Gasteiger partial charge in [0.15, 0.2) is 0 Å². The minimum Gasteiger partial charge on any atom is -0.353 e. The number of carbonyl (C=O) groups excluding carboxylic acids is 1. The normalized spacial score (nSPS) is 21.2. The maximum atomic E-state index is 11.6. The van der Waals surface area contributed by atoms with Gasteiger partial charge in [0.05, 0.1) is 10.0 Å². The third-order valence-corrected chi connectivity index (χ3v) is 3.16. The lowest BCUT2D eigenvalue weighted by atomic mass is 10.0. The molecule has 0 bridgehead atoms. The van der Waals surface area contributed by atoms with E-state index in [1.54, 1.807) is 18.2 Å². The molecule has 1 fully saturated rings. The Labute approximate surface area is 97.8 Å². The topological polar surface area (TPSA) is 41.1 Å². The Balaban J connectivity index is 2.35. The molecule has 0 aliphatic carbocycles. The van der Waals surface area contributed by atoms with Crippen molar-refractivity contribution in [3.63, 3.8) is 0 Å². The monoisotopic (exact) mass is 244 g/mol. The first-order chi connectivity index (χ1) is 7.20. The molecule has 2 N–H and O–H groups in total. The van der Waals surface area contributed by atoms with Crippen molar-refractivity contribution >= 4 is 29.1 Å². The average molecular weight is 245 g/mol. The Morgan fingerprint density at radius 2 is 2.07 bits per heavy atom. The van der Waals surface area contributed by atoms with Crippen LogP contribution in [0.2, 0.25) is 10.0 Å². The first kappa shape index (κ1) is 10.7. The van der Waals surface area contributed by atoms with Gasteiger partial charge in [-0.25, -0.2) is 0 Å². The molecule has 15 heavy (non-hydrogen) atoms. The van der Waals surface area contributed by atoms with Crippen molar-refractivity contribution in [1.82, 2.24) is 10.6 Å². The second kappa shape index (κ2) is 4.39. The molecule has 1 heterocycles. The van der Waals surface area contributed by atoms with E-state index >= 15 is 0 Å². The predicted molar refractivity (Wildman–Crippen MR) is 60.2 cm³/mol. The number of rotatable bonds is 1. The van der Waals surface area contributed by atoms with Gasteiger partial charge in [0.2, 0.25) is 5.91 Å². The third kappa shape index (κ3) is 2.09. The van der Waals surface area contributed by atoms with Crippen LogP contribution < -0.4 is 10.6 Å². The maximum Gasteiger partial charge on any atom is 0.241 e. The van der Waals surface area contributed by atoms with Crippen LogP contribution in [0.15, 0.2) is 18.2 Å². The number of hydrogen-bond acceptors (Lipinski definition) is 2. The molecule has 0 radical (unpaired) electrons. The molecule has 2 rings (SSSR count). The SMILES string of the molecule is O=C1NCCN[C@H]1c1cccc(Cl)c1Cl. The van der Waals surface area contributed by atoms with Crippen LogP contribution in [-0.4, -0.2) is 19.0 Å². The van der Waals surface area contributed by atoms with Crippen LogP contribution in [0.25, 0.3) is 0 Å². The van der Waals surface area contributed by atoms with Crippen molar-refractivity contribution in [3.05, 3.63) is 33.8 Å². The molecule has 0 saturated carbocycles. The van der Waals surface area contributed by atoms with Crippen LogP contribution >= 0.6 is 23.2 Å². The molecule has 0 aromatic heterocycles. The summed E-state index contributed by atoms with van der Waals surface area (Å²) in [5, 5.41) is 6.78. The number of amides is 1. The Bertz CT molecular complexity index is 395. The lowest BCUT2D eigenvalue weighted by molar-refractivity contribution is -0.124. The first-order valence-electron chi connectivity index (χ1n) is 4.65. The molecular weight excluding hydrogens is 235 g/mol. The van der Waals surface area contributed by atoms with Gasteiger partial charge in [-0.3, -0.25) is 4.79 Å². The fourth-order valence-electron chi connectivity index (χ4n) is 1.59. The van der Waals surface area contributed by atoms with Crippen LogP contribution in [0, 0.1) is 0 Å². The van der Waals surface area contributed by atoms with Gasteiger partial charge in [-0.15, -0.1) is 0 Å². The molecule has 1 atom stereocenters. The van der Waals surface area contributed by atoms with Gasteiger partial charge in [-0.2, -0.15) is 0 Å². The van der Waals surface area contributed by atoms with Crippen molar-refractivity contribution < 1.29 is 4.79 Å². The van der Waals surface area contributed by atoms with Crippen LogP contribution in [-0.2, 0) is 4.79 Å². The lowest BCUT2D eigenvalue weighted by Crippen LogP contribution is -2.47. The standard InChI is InChI=1S/C10H10Cl2N2O/c11-7-3-1-2-6(8(7)12)9-10(15)14-5-4-13-9/h1-3,9,13H,4-5H2,(H,14,15)/t9-/m0/s1. The van der Waals surface area contributed by atoms with E-state index < -0.39 is 6.04 Å². The Hall–Kier alpha value is -0.770. The quantitative estimate of drug-likeness (QED) is 0.791. The van der Waals surface area contributed by atoms with E-state index in [1.807, 2.05) is 0 Å². The lowest BCUT2D eigenvalue weighted by Gasteiger charge is -2.24. The van der Waals surface area contributed by atoms with Gasteiger partial charge in [0, 0.05) is 13.1 Å². The summed E-state index contributed by atoms with van der Waals surface area (Å²) >= 11 is 11.9. The molecular formula is C10H10Cl2N2O. The van der Waals surface area contributed by atoms with Crippen LogP contribution in [0.3, 0.4) is 0 Å². The Morgan fingerprint density at radius 1 is 1.27 bits per heavy atom. The number of nitrogens with one attached hydrogen (secondary N) is 2. The van der Waals surface area contributed by atoms with Crippen molar-refractivity contribution in [2.24, 2.45) is 0 Å². The number of halogens is 2. The molecule has 5 heteroatoms. The molecule has 1 aliphatic heterocycles. The van der Waals surface area contributed by atoms with Crippen LogP contribution in [0.5, 0.6) is 0 Å². The zero-order chi connectivity index (χ0) is 10.8. The summed E-state index contributed by atoms with van der Waals surface area (Å²) in [6.45, 7) is 1.38. The highest BCUT2D eigenvalue weighted by Gasteiger charge is 2.25. The summed E-state index contributed by atoms with van der Waals surface area (Å²) in [6.07, 6.45) is 0. The molecule has 0 spiro atoms. The number of benzene rings is 1. The minimum absolute atomic E-state index is 0.0644. The first-order valence-corrected chi connectivity index (χ1v) is 5.41. The van der Waals surface area contributed by atoms with Gasteiger partial charge >= 0.3 is 0 Å². The molecule has 3 nitrogen and oxygen atoms in total. The molecule has 1 aromatic rings. The predicted octanol–water partition coefficient (Wildman–Crippen LogP) is 1.75. The van der Waals surface area contributed by atoms with Crippen molar-refractivity contribution in [2.75, 3.05) is 13.1 Å². The van der Waals surface area contributed by atoms with E-state index in [0.717, 1.165) is 12.1 Å². The number of hydrogen-bond donors (Lipinski definition) is 2. The van der Waals surface area contributed by atoms with Crippen molar-refractivity contribution in [3.8, 4) is 0 Å². The zero-order valence-electron chi connectivity index (χ0n) is 7.89. The number of piperazine rings is 1. The summed E-state index contributed by atoms with van der Waals surface area (Å²) < 4.78 is 0. The molecule has 1 amide bonds. The van der Waals surface area contributed by atoms with Gasteiger partial charge in [-0.1, -0.05) is 35.3 Å². The highest BCUT2D eigenvalue weighted by Crippen LogP contribution is 2.30. The summed E-state index contributed by atoms with van der Waals surface area (Å²) in [4.78, 5) is 11.6. The zero-order valence-corrected chi connectivity index (χ0v) is 9.40. The minimum atomic E-state index is -0.398. The molecule has 80 valence electrons. The highest BCUT2D eigenvalue weighted by atomic mass is 35.5. The Morgan fingerprint density at radius 3 is 2.80 bits per heavy atom. The van der Waals surface area contributed by atoms with E-state index in [9.17, 15) is 4.79 Å². The second-order valence-corrected chi connectivity index (χ2v) is 4.11. The molecule has 1 aliphatic rings. The second-order valence-electron chi connectivity index (χ2n) is 3.32. The Kier molecular flexibility index (Phi) is 3.14. The van der Waals surface area contributed by atoms with Gasteiger partial charge in [0.25, 0.3) is 0 Å². The van der Waals surface area contributed by atoms with E-state index in [1.165, 1.54) is 0 Å². The fraction of sp³-hybridized carbons (Fsp3) is 0.300. The van der Waals surface area contributed by atoms with Gasteiger partial charge in [-0.05, 0) is 11.6 Å². The average Bonchev–Trinajstić information content (AvgIpc) is 2.23. The van der Waals surface area contributed by atoms with E-state index in [0.29, 0.717) is 16.6 Å².